The Balaban J connectivity index is 2.33. The highest BCUT2D eigenvalue weighted by molar-refractivity contribution is 9.10. The van der Waals surface area contributed by atoms with Gasteiger partial charge in [0.25, 0.3) is 0 Å². The molecule has 0 bridgehead atoms. The number of aliphatic hydroxyl groups is 1. The summed E-state index contributed by atoms with van der Waals surface area (Å²) in [5.41, 5.74) is -0.220. The third-order valence-corrected chi connectivity index (χ3v) is 4.61. The molecule has 0 aromatic carbocycles. The largest absolute Gasteiger partial charge is 0.364 e. The second-order valence-electron chi connectivity index (χ2n) is 4.97. The van der Waals surface area contributed by atoms with Crippen LogP contribution in [0.4, 0.5) is 0 Å². The number of rotatable bonds is 0. The molecule has 2 fully saturated rings. The van der Waals surface area contributed by atoms with E-state index in [1.165, 1.54) is 0 Å². The Kier molecular flexibility index (Phi) is 1.55. The lowest BCUT2D eigenvalue weighted by Gasteiger charge is -2.40. The van der Waals surface area contributed by atoms with Gasteiger partial charge >= 0.3 is 0 Å². The maximum absolute atomic E-state index is 10.3. The Bertz CT molecular complexity index is 221. The maximum atomic E-state index is 10.3. The summed E-state index contributed by atoms with van der Waals surface area (Å²) in [4.78, 5) is 0. The third kappa shape index (κ3) is 0.824. The Labute approximate surface area is 81.4 Å². The summed E-state index contributed by atoms with van der Waals surface area (Å²) in [5, 5.41) is 10.3. The average Bonchev–Trinajstić information content (AvgIpc) is 2.49. The van der Waals surface area contributed by atoms with Gasteiger partial charge in [-0.25, -0.2) is 0 Å². The van der Waals surface area contributed by atoms with Crippen LogP contribution in [0.15, 0.2) is 0 Å². The second-order valence-corrected chi connectivity index (χ2v) is 6.38. The fraction of sp³-hybridized carbons (Fsp3) is 1.00. The van der Waals surface area contributed by atoms with Gasteiger partial charge in [-0.15, -0.1) is 0 Å². The van der Waals surface area contributed by atoms with E-state index in [1.807, 2.05) is 20.8 Å². The topological polar surface area (TPSA) is 29.5 Å². The minimum Gasteiger partial charge on any atom is -0.364 e. The zero-order valence-electron chi connectivity index (χ0n) is 7.72. The molecule has 2 nitrogen and oxygen atoms in total. The van der Waals surface area contributed by atoms with E-state index in [1.54, 1.807) is 0 Å². The van der Waals surface area contributed by atoms with Crippen molar-refractivity contribution >= 4 is 15.9 Å². The van der Waals surface area contributed by atoms with Crippen LogP contribution in [-0.4, -0.2) is 21.8 Å². The summed E-state index contributed by atoms with van der Waals surface area (Å²) in [5.74, 6) is -0.466. The summed E-state index contributed by atoms with van der Waals surface area (Å²) in [6.07, 6.45) is 1.04. The van der Waals surface area contributed by atoms with Crippen molar-refractivity contribution in [2.75, 3.05) is 6.61 Å². The van der Waals surface area contributed by atoms with Gasteiger partial charge in [-0.1, -0.05) is 36.7 Å². The normalized spacial score (nSPS) is 52.2. The lowest BCUT2D eigenvalue weighted by molar-refractivity contribution is -0.243. The molecule has 1 N–H and O–H groups in total. The zero-order valence-corrected chi connectivity index (χ0v) is 9.31. The highest BCUT2D eigenvalue weighted by Gasteiger charge is 2.74. The molecule has 1 aliphatic carbocycles. The molecule has 2 rings (SSSR count). The number of hydrogen-bond donors (Lipinski definition) is 1. The van der Waals surface area contributed by atoms with Crippen LogP contribution in [0.2, 0.25) is 0 Å². The summed E-state index contributed by atoms with van der Waals surface area (Å²) in [6, 6.07) is 0. The quantitative estimate of drug-likeness (QED) is 0.650. The predicted molar refractivity (Wildman–Crippen MR) is 50.1 cm³/mol. The van der Waals surface area contributed by atoms with E-state index in [0.29, 0.717) is 12.5 Å². The molecule has 0 spiro atoms. The van der Waals surface area contributed by atoms with Crippen LogP contribution in [0.3, 0.4) is 0 Å². The molecule has 0 radical (unpaired) electrons. The van der Waals surface area contributed by atoms with Gasteiger partial charge in [0.1, 0.15) is 0 Å². The van der Waals surface area contributed by atoms with E-state index in [0.717, 1.165) is 6.42 Å². The molecule has 12 heavy (non-hydrogen) atoms. The molecule has 0 aromatic heterocycles. The molecule has 0 amide bonds. The van der Waals surface area contributed by atoms with Gasteiger partial charge < -0.3 is 9.84 Å². The monoisotopic (exact) mass is 234 g/mol. The van der Waals surface area contributed by atoms with E-state index in [4.69, 9.17) is 4.74 Å². The van der Waals surface area contributed by atoms with Gasteiger partial charge in [-0.2, -0.15) is 0 Å². The van der Waals surface area contributed by atoms with E-state index >= 15 is 0 Å². The lowest BCUT2D eigenvalue weighted by Crippen LogP contribution is -2.51. The summed E-state index contributed by atoms with van der Waals surface area (Å²) in [7, 11) is 0. The first kappa shape index (κ1) is 8.97. The van der Waals surface area contributed by atoms with Gasteiger partial charge in [0, 0.05) is 11.3 Å². The van der Waals surface area contributed by atoms with Crippen molar-refractivity contribution in [3.05, 3.63) is 0 Å². The lowest BCUT2D eigenvalue weighted by atomic mass is 9.82. The Morgan fingerprint density at radius 3 is 2.25 bits per heavy atom. The molecule has 1 saturated carbocycles. The number of halogens is 1. The van der Waals surface area contributed by atoms with Gasteiger partial charge in [-0.3, -0.25) is 0 Å². The number of ether oxygens (including phenoxy) is 1. The first-order valence-electron chi connectivity index (χ1n) is 4.36. The van der Waals surface area contributed by atoms with Crippen LogP contribution in [0.1, 0.15) is 27.2 Å². The SMILES string of the molecule is CC(C)(C)C1(O)OCC2CC21Br. The Morgan fingerprint density at radius 2 is 2.08 bits per heavy atom. The molecule has 3 unspecified atom stereocenters. The molecule has 2 aliphatic rings. The van der Waals surface area contributed by atoms with E-state index in [2.05, 4.69) is 15.9 Å². The first-order valence-corrected chi connectivity index (χ1v) is 5.16. The van der Waals surface area contributed by atoms with Gasteiger partial charge in [0.05, 0.1) is 10.9 Å². The minimum absolute atomic E-state index is 0.155. The summed E-state index contributed by atoms with van der Waals surface area (Å²) >= 11 is 3.60. The van der Waals surface area contributed by atoms with Crippen LogP contribution in [-0.2, 0) is 4.74 Å². The van der Waals surface area contributed by atoms with E-state index in [-0.39, 0.29) is 9.74 Å². The van der Waals surface area contributed by atoms with Crippen molar-refractivity contribution < 1.29 is 9.84 Å². The van der Waals surface area contributed by atoms with Crippen LogP contribution in [0.5, 0.6) is 0 Å². The van der Waals surface area contributed by atoms with Crippen molar-refractivity contribution in [2.45, 2.75) is 37.3 Å². The highest BCUT2D eigenvalue weighted by atomic mass is 79.9. The number of alkyl halides is 1. The number of fused-ring (bicyclic) bond motifs is 1. The predicted octanol–water partition coefficient (Wildman–Crippen LogP) is 1.90. The maximum Gasteiger partial charge on any atom is 0.186 e. The molecule has 3 atom stereocenters. The Morgan fingerprint density at radius 1 is 1.50 bits per heavy atom. The summed E-state index contributed by atoms with van der Waals surface area (Å²) in [6.45, 7) is 6.73. The van der Waals surface area contributed by atoms with Crippen molar-refractivity contribution in [1.82, 2.24) is 0 Å². The van der Waals surface area contributed by atoms with Crippen LogP contribution in [0.25, 0.3) is 0 Å². The van der Waals surface area contributed by atoms with Gasteiger partial charge in [-0.05, 0) is 6.42 Å². The standard InChI is InChI=1S/C9H15BrO2/c1-7(2,3)9(11)8(10)4-6(8)5-12-9/h6,11H,4-5H2,1-3H3. The van der Waals surface area contributed by atoms with E-state index < -0.39 is 5.79 Å². The fourth-order valence-electron chi connectivity index (χ4n) is 2.09. The Hall–Kier alpha value is 0.400. The first-order chi connectivity index (χ1) is 5.31. The zero-order chi connectivity index (χ0) is 9.20. The van der Waals surface area contributed by atoms with Gasteiger partial charge in [0.2, 0.25) is 0 Å². The highest BCUT2D eigenvalue weighted by Crippen LogP contribution is 2.67. The molecule has 1 saturated heterocycles. The van der Waals surface area contributed by atoms with Crippen LogP contribution < -0.4 is 0 Å². The molecule has 70 valence electrons. The van der Waals surface area contributed by atoms with Crippen molar-refractivity contribution in [3.8, 4) is 0 Å². The van der Waals surface area contributed by atoms with Crippen LogP contribution in [0, 0.1) is 11.3 Å². The third-order valence-electron chi connectivity index (χ3n) is 3.10. The van der Waals surface area contributed by atoms with Crippen molar-refractivity contribution in [3.63, 3.8) is 0 Å². The smallest absolute Gasteiger partial charge is 0.186 e. The molecular formula is C9H15BrO2. The van der Waals surface area contributed by atoms with Crippen molar-refractivity contribution in [1.29, 1.82) is 0 Å². The summed E-state index contributed by atoms with van der Waals surface area (Å²) < 4.78 is 5.32. The van der Waals surface area contributed by atoms with Gasteiger partial charge in [0.15, 0.2) is 5.79 Å². The molecule has 1 heterocycles. The van der Waals surface area contributed by atoms with Crippen molar-refractivity contribution in [2.24, 2.45) is 11.3 Å². The average molecular weight is 235 g/mol. The fourth-order valence-corrected chi connectivity index (χ4v) is 3.32. The number of hydrogen-bond acceptors (Lipinski definition) is 2. The molecular weight excluding hydrogens is 220 g/mol. The second kappa shape index (κ2) is 2.07. The molecule has 3 heteroatoms. The van der Waals surface area contributed by atoms with Crippen LogP contribution >= 0.6 is 15.9 Å². The molecule has 1 aliphatic heterocycles. The minimum atomic E-state index is -0.981. The molecule has 0 aromatic rings. The van der Waals surface area contributed by atoms with E-state index in [9.17, 15) is 5.11 Å².